The van der Waals surface area contributed by atoms with Crippen LogP contribution in [0.1, 0.15) is 109 Å². The van der Waals surface area contributed by atoms with Gasteiger partial charge in [-0.25, -0.2) is 0 Å². The second-order valence-corrected chi connectivity index (χ2v) is 10.6. The number of hydrogen-bond acceptors (Lipinski definition) is 7. The minimum Gasteiger partial charge on any atom is -0.665 e. The molecule has 0 spiro atoms. The van der Waals surface area contributed by atoms with Crippen molar-refractivity contribution in [3.8, 4) is 0 Å². The molecule has 42 heavy (non-hydrogen) atoms. The molecule has 0 aliphatic carbocycles. The largest absolute Gasteiger partial charge is 1.00 e. The molecule has 0 saturated heterocycles. The van der Waals surface area contributed by atoms with Gasteiger partial charge in [0.1, 0.15) is 12.1 Å². The van der Waals surface area contributed by atoms with Crippen LogP contribution >= 0.6 is 0 Å². The van der Waals surface area contributed by atoms with Crippen LogP contribution < -0.4 is 27.4 Å². The summed E-state index contributed by atoms with van der Waals surface area (Å²) in [7, 11) is 0. The molecule has 0 aromatic heterocycles. The summed E-state index contributed by atoms with van der Waals surface area (Å²) in [5, 5.41) is 25.0. The van der Waals surface area contributed by atoms with Crippen molar-refractivity contribution in [2.45, 2.75) is 127 Å². The van der Waals surface area contributed by atoms with Gasteiger partial charge in [-0.15, -0.1) is 0 Å². The molecule has 0 saturated carbocycles. The number of amides is 3. The van der Waals surface area contributed by atoms with Crippen molar-refractivity contribution in [3.63, 3.8) is 0 Å². The molecular formula is C28H53N6O7Os. The Hall–Kier alpha value is -2.13. The van der Waals surface area contributed by atoms with Gasteiger partial charge in [0, 0.05) is 32.5 Å². The van der Waals surface area contributed by atoms with Gasteiger partial charge in [-0.1, -0.05) is 77.0 Å². The molecule has 14 heteroatoms. The SMILES string of the molecule is [NH-]C(CCCCNC(=O)[C@@H](N)CNC(=O)C(N)CNC(=O)CCCCCCCCCCCCCCC(=O)O)C(=O)O.[Os+]. The van der Waals surface area contributed by atoms with E-state index >= 15 is 0 Å². The van der Waals surface area contributed by atoms with Crippen LogP contribution in [0, 0.1) is 0 Å². The number of rotatable bonds is 27. The number of hydrogen-bond donors (Lipinski definition) is 7. The average molecular weight is 776 g/mol. The van der Waals surface area contributed by atoms with E-state index in [1.54, 1.807) is 0 Å². The van der Waals surface area contributed by atoms with Gasteiger partial charge < -0.3 is 43.4 Å². The first-order chi connectivity index (χ1) is 19.5. The molecule has 2 unspecified atom stereocenters. The normalized spacial score (nSPS) is 12.8. The molecule has 0 bridgehead atoms. The number of carbonyl (C=O) groups excluding carboxylic acids is 3. The van der Waals surface area contributed by atoms with E-state index in [9.17, 15) is 24.0 Å². The molecule has 0 aliphatic heterocycles. The summed E-state index contributed by atoms with van der Waals surface area (Å²) in [6, 6.07) is -3.12. The second-order valence-electron chi connectivity index (χ2n) is 10.6. The van der Waals surface area contributed by atoms with Gasteiger partial charge in [-0.3, -0.25) is 24.0 Å². The van der Waals surface area contributed by atoms with Gasteiger partial charge in [0.2, 0.25) is 17.7 Å². The molecule has 245 valence electrons. The van der Waals surface area contributed by atoms with Crippen molar-refractivity contribution < 1.29 is 54.0 Å². The summed E-state index contributed by atoms with van der Waals surface area (Å²) in [6.45, 7) is 0.159. The third kappa shape index (κ3) is 25.6. The fourth-order valence-electron chi connectivity index (χ4n) is 4.11. The molecule has 0 heterocycles. The fraction of sp³-hybridized carbons (Fsp3) is 0.821. The van der Waals surface area contributed by atoms with Crippen LogP contribution in [0.3, 0.4) is 0 Å². The van der Waals surface area contributed by atoms with Gasteiger partial charge in [-0.2, -0.15) is 0 Å². The minimum absolute atomic E-state index is 0. The summed E-state index contributed by atoms with van der Waals surface area (Å²) in [5.74, 6) is -3.04. The Balaban J connectivity index is 0. The van der Waals surface area contributed by atoms with Crippen molar-refractivity contribution in [3.05, 3.63) is 5.73 Å². The Bertz CT molecular complexity index is 775. The van der Waals surface area contributed by atoms with Crippen molar-refractivity contribution in [2.75, 3.05) is 19.6 Å². The predicted molar refractivity (Wildman–Crippen MR) is 157 cm³/mol. The minimum atomic E-state index is -1.17. The molecule has 0 rings (SSSR count). The van der Waals surface area contributed by atoms with E-state index in [0.29, 0.717) is 19.3 Å². The predicted octanol–water partition coefficient (Wildman–Crippen LogP) is 2.21. The smallest absolute Gasteiger partial charge is 0.665 e. The van der Waals surface area contributed by atoms with Crippen molar-refractivity contribution in [1.29, 1.82) is 0 Å². The molecule has 0 fully saturated rings. The van der Waals surface area contributed by atoms with Crippen LogP contribution in [0.15, 0.2) is 0 Å². The Kier molecular flexibility index (Phi) is 27.7. The Morgan fingerprint density at radius 1 is 0.595 bits per heavy atom. The zero-order valence-corrected chi connectivity index (χ0v) is 27.4. The van der Waals surface area contributed by atoms with E-state index in [0.717, 1.165) is 44.9 Å². The van der Waals surface area contributed by atoms with E-state index in [-0.39, 0.29) is 58.2 Å². The molecule has 13 nitrogen and oxygen atoms in total. The maximum absolute atomic E-state index is 12.1. The van der Waals surface area contributed by atoms with Gasteiger partial charge in [0.05, 0.1) is 0 Å². The van der Waals surface area contributed by atoms with Gasteiger partial charge in [-0.05, 0) is 25.3 Å². The summed E-state index contributed by atoms with van der Waals surface area (Å²) in [5.41, 5.74) is 18.9. The van der Waals surface area contributed by atoms with Crippen LogP contribution in [-0.2, 0) is 43.8 Å². The third-order valence-electron chi connectivity index (χ3n) is 6.75. The molecule has 1 radical (unpaired) electrons. The van der Waals surface area contributed by atoms with E-state index in [1.165, 1.54) is 32.1 Å². The van der Waals surface area contributed by atoms with E-state index in [1.807, 2.05) is 0 Å². The second kappa shape index (κ2) is 27.7. The van der Waals surface area contributed by atoms with Crippen molar-refractivity contribution in [2.24, 2.45) is 11.5 Å². The van der Waals surface area contributed by atoms with Crippen molar-refractivity contribution >= 4 is 29.7 Å². The van der Waals surface area contributed by atoms with E-state index < -0.39 is 41.9 Å². The van der Waals surface area contributed by atoms with Crippen LogP contribution in [0.2, 0.25) is 0 Å². The Morgan fingerprint density at radius 3 is 1.50 bits per heavy atom. The average Bonchev–Trinajstić information content (AvgIpc) is 2.93. The number of aliphatic carboxylic acids is 2. The molecule has 0 aromatic rings. The molecule has 3 atom stereocenters. The number of nitrogens with two attached hydrogens (primary N) is 2. The maximum Gasteiger partial charge on any atom is 1.00 e. The quantitative estimate of drug-likeness (QED) is 0.0605. The molecular weight excluding hydrogens is 723 g/mol. The number of carboxylic acid groups (broad SMARTS) is 2. The Morgan fingerprint density at radius 2 is 1.02 bits per heavy atom. The Labute approximate surface area is 263 Å². The summed E-state index contributed by atoms with van der Waals surface area (Å²) in [6.07, 6.45) is 14.6. The molecule has 10 N–H and O–H groups in total. The monoisotopic (exact) mass is 777 g/mol. The fourth-order valence-corrected chi connectivity index (χ4v) is 4.11. The first-order valence-corrected chi connectivity index (χ1v) is 15.0. The topological polar surface area (TPSA) is 238 Å². The van der Waals surface area contributed by atoms with Gasteiger partial charge in [0.25, 0.3) is 5.97 Å². The molecule has 0 aliphatic rings. The first kappa shape index (κ1) is 42.0. The zero-order valence-electron chi connectivity index (χ0n) is 24.8. The van der Waals surface area contributed by atoms with E-state index in [4.69, 9.17) is 27.4 Å². The van der Waals surface area contributed by atoms with Crippen LogP contribution in [-0.4, -0.2) is 77.6 Å². The van der Waals surface area contributed by atoms with Crippen LogP contribution in [0.4, 0.5) is 0 Å². The summed E-state index contributed by atoms with van der Waals surface area (Å²) in [4.78, 5) is 57.2. The maximum atomic E-state index is 12.1. The van der Waals surface area contributed by atoms with Crippen LogP contribution in [0.5, 0.6) is 0 Å². The van der Waals surface area contributed by atoms with Crippen molar-refractivity contribution in [1.82, 2.24) is 16.0 Å². The van der Waals surface area contributed by atoms with Gasteiger partial charge in [0.15, 0.2) is 0 Å². The third-order valence-corrected chi connectivity index (χ3v) is 6.75. The number of unbranched alkanes of at least 4 members (excludes halogenated alkanes) is 12. The summed E-state index contributed by atoms with van der Waals surface area (Å²) >= 11 is 0. The first-order valence-electron chi connectivity index (χ1n) is 15.0. The summed E-state index contributed by atoms with van der Waals surface area (Å²) < 4.78 is 0. The zero-order chi connectivity index (χ0) is 30.9. The number of nitrogens with one attached hydrogen (secondary N) is 4. The number of carboxylic acids is 2. The van der Waals surface area contributed by atoms with Crippen LogP contribution in [0.25, 0.3) is 5.73 Å². The standard InChI is InChI=1S/C28H53N6O7.Os/c29-21(28(40)41)15-13-14-18-32-26(38)23(31)20-34-27(39)22(30)19-33-24(35)16-11-9-7-5-3-1-2-4-6-8-10-12-17-25(36)37;/h21-23,29H,1-20,30-31H2,(H,32,38)(H,33,35)(H,34,39)(H,36,37)(H,40,41);/q-1;+1/t21?,22?,23-;/m0./s1. The molecule has 0 aromatic carbocycles. The van der Waals surface area contributed by atoms with E-state index in [2.05, 4.69) is 16.0 Å². The van der Waals surface area contributed by atoms with Gasteiger partial charge >= 0.3 is 25.8 Å². The molecule has 3 amide bonds. The number of carbonyl (C=O) groups is 5.